The summed E-state index contributed by atoms with van der Waals surface area (Å²) in [6.45, 7) is 3.76. The standard InChI is InChI=1S/C6H12O3S/c1-5(2)3-6(4-7)10(8)9/h4-6H,3H2,1-2H3,(H,8,9)/p-1. The van der Waals surface area contributed by atoms with Crippen molar-refractivity contribution in [3.63, 3.8) is 0 Å². The van der Waals surface area contributed by atoms with Gasteiger partial charge in [0.05, 0.1) is 5.25 Å². The summed E-state index contributed by atoms with van der Waals surface area (Å²) in [6, 6.07) is 0. The normalized spacial score (nSPS) is 16.8. The summed E-state index contributed by atoms with van der Waals surface area (Å²) >= 11 is -2.24. The zero-order valence-electron chi connectivity index (χ0n) is 6.07. The van der Waals surface area contributed by atoms with Crippen molar-refractivity contribution in [2.75, 3.05) is 0 Å². The highest BCUT2D eigenvalue weighted by molar-refractivity contribution is 7.80. The summed E-state index contributed by atoms with van der Waals surface area (Å²) in [4.78, 5) is 10.1. The largest absolute Gasteiger partial charge is 0.772 e. The Labute approximate surface area is 63.1 Å². The minimum Gasteiger partial charge on any atom is -0.772 e. The van der Waals surface area contributed by atoms with E-state index >= 15 is 0 Å². The van der Waals surface area contributed by atoms with E-state index in [1.165, 1.54) is 0 Å². The fourth-order valence-electron chi connectivity index (χ4n) is 0.644. The van der Waals surface area contributed by atoms with Crippen LogP contribution in [0.25, 0.3) is 0 Å². The molecule has 0 aromatic heterocycles. The lowest BCUT2D eigenvalue weighted by Gasteiger charge is -2.14. The molecule has 3 nitrogen and oxygen atoms in total. The Morgan fingerprint density at radius 1 is 1.60 bits per heavy atom. The van der Waals surface area contributed by atoms with Crippen LogP contribution in [0.5, 0.6) is 0 Å². The Morgan fingerprint density at radius 3 is 2.20 bits per heavy atom. The Balaban J connectivity index is 3.83. The van der Waals surface area contributed by atoms with Crippen LogP contribution in [-0.2, 0) is 15.9 Å². The first-order chi connectivity index (χ1) is 4.57. The van der Waals surface area contributed by atoms with Crippen molar-refractivity contribution in [3.8, 4) is 0 Å². The second-order valence-corrected chi connectivity index (χ2v) is 3.69. The Bertz CT molecular complexity index is 133. The van der Waals surface area contributed by atoms with Crippen LogP contribution < -0.4 is 0 Å². The van der Waals surface area contributed by atoms with E-state index in [2.05, 4.69) is 0 Å². The molecule has 0 aromatic carbocycles. The van der Waals surface area contributed by atoms with Crippen molar-refractivity contribution in [2.45, 2.75) is 25.5 Å². The molecule has 0 fully saturated rings. The third-order valence-corrected chi connectivity index (χ3v) is 1.90. The topological polar surface area (TPSA) is 57.2 Å². The Hall–Kier alpha value is -0.220. The third kappa shape index (κ3) is 3.74. The van der Waals surface area contributed by atoms with E-state index in [0.29, 0.717) is 12.7 Å². The van der Waals surface area contributed by atoms with Gasteiger partial charge in [0.25, 0.3) is 0 Å². The minimum absolute atomic E-state index is 0.244. The fraction of sp³-hybridized carbons (Fsp3) is 0.833. The van der Waals surface area contributed by atoms with Crippen LogP contribution in [0.15, 0.2) is 0 Å². The summed E-state index contributed by atoms with van der Waals surface area (Å²) in [6.07, 6.45) is 0.892. The second-order valence-electron chi connectivity index (χ2n) is 2.56. The number of hydrogen-bond donors (Lipinski definition) is 0. The molecule has 0 aromatic rings. The lowest BCUT2D eigenvalue weighted by Crippen LogP contribution is -2.18. The van der Waals surface area contributed by atoms with Gasteiger partial charge in [0.15, 0.2) is 0 Å². The zero-order chi connectivity index (χ0) is 8.15. The Kier molecular flexibility index (Phi) is 4.47. The molecule has 0 aliphatic heterocycles. The predicted octanol–water partition coefficient (Wildman–Crippen LogP) is 0.479. The van der Waals surface area contributed by atoms with Gasteiger partial charge < -0.3 is 9.35 Å². The molecule has 0 aliphatic carbocycles. The molecule has 0 saturated heterocycles. The molecule has 0 aliphatic rings. The first-order valence-electron chi connectivity index (χ1n) is 3.11. The molecule has 2 unspecified atom stereocenters. The molecule has 0 spiro atoms. The predicted molar refractivity (Wildman–Crippen MR) is 38.2 cm³/mol. The zero-order valence-corrected chi connectivity index (χ0v) is 6.89. The average Bonchev–Trinajstić information content (AvgIpc) is 1.81. The van der Waals surface area contributed by atoms with Crippen molar-refractivity contribution in [1.29, 1.82) is 0 Å². The van der Waals surface area contributed by atoms with E-state index in [9.17, 15) is 13.6 Å². The summed E-state index contributed by atoms with van der Waals surface area (Å²) in [7, 11) is 0. The molecule has 0 radical (unpaired) electrons. The van der Waals surface area contributed by atoms with Gasteiger partial charge in [-0.1, -0.05) is 13.8 Å². The van der Waals surface area contributed by atoms with Crippen molar-refractivity contribution >= 4 is 17.4 Å². The molecule has 2 atom stereocenters. The minimum atomic E-state index is -2.24. The maximum Gasteiger partial charge on any atom is 0.134 e. The van der Waals surface area contributed by atoms with Crippen molar-refractivity contribution < 1.29 is 13.6 Å². The number of rotatable bonds is 4. The van der Waals surface area contributed by atoms with Gasteiger partial charge in [0.1, 0.15) is 6.29 Å². The van der Waals surface area contributed by atoms with Crippen molar-refractivity contribution in [3.05, 3.63) is 0 Å². The fourth-order valence-corrected chi connectivity index (χ4v) is 1.28. The van der Waals surface area contributed by atoms with E-state index in [-0.39, 0.29) is 5.92 Å². The lowest BCUT2D eigenvalue weighted by atomic mass is 10.1. The highest BCUT2D eigenvalue weighted by atomic mass is 32.2. The monoisotopic (exact) mass is 163 g/mol. The molecular formula is C6H11O3S-. The second kappa shape index (κ2) is 4.57. The molecule has 10 heavy (non-hydrogen) atoms. The molecule has 0 rings (SSSR count). The number of hydrogen-bond acceptors (Lipinski definition) is 3. The quantitative estimate of drug-likeness (QED) is 0.447. The molecule has 0 bridgehead atoms. The third-order valence-electron chi connectivity index (χ3n) is 1.10. The molecular weight excluding hydrogens is 152 g/mol. The van der Waals surface area contributed by atoms with Gasteiger partial charge in [0.2, 0.25) is 0 Å². The summed E-state index contributed by atoms with van der Waals surface area (Å²) in [5, 5.41) is -0.819. The van der Waals surface area contributed by atoms with Crippen LogP contribution >= 0.6 is 0 Å². The highest BCUT2D eigenvalue weighted by Gasteiger charge is 2.08. The maximum atomic E-state index is 10.2. The van der Waals surface area contributed by atoms with E-state index in [0.717, 1.165) is 0 Å². The molecule has 4 heteroatoms. The number of carbonyl (C=O) groups is 1. The van der Waals surface area contributed by atoms with Crippen LogP contribution in [0.2, 0.25) is 0 Å². The van der Waals surface area contributed by atoms with Gasteiger partial charge in [-0.2, -0.15) is 0 Å². The summed E-state index contributed by atoms with van der Waals surface area (Å²) < 4.78 is 20.5. The van der Waals surface area contributed by atoms with Gasteiger partial charge in [-0.15, -0.1) is 0 Å². The number of aldehydes is 1. The van der Waals surface area contributed by atoms with Gasteiger partial charge in [-0.05, 0) is 23.4 Å². The van der Waals surface area contributed by atoms with Gasteiger partial charge in [-0.3, -0.25) is 4.21 Å². The van der Waals surface area contributed by atoms with E-state index in [1.54, 1.807) is 0 Å². The molecule has 0 N–H and O–H groups in total. The van der Waals surface area contributed by atoms with E-state index in [1.807, 2.05) is 13.8 Å². The van der Waals surface area contributed by atoms with Crippen LogP contribution in [0.3, 0.4) is 0 Å². The average molecular weight is 163 g/mol. The van der Waals surface area contributed by atoms with Gasteiger partial charge in [-0.25, -0.2) is 0 Å². The van der Waals surface area contributed by atoms with E-state index < -0.39 is 16.3 Å². The molecule has 0 saturated carbocycles. The van der Waals surface area contributed by atoms with Crippen molar-refractivity contribution in [1.82, 2.24) is 0 Å². The Morgan fingerprint density at radius 2 is 2.10 bits per heavy atom. The van der Waals surface area contributed by atoms with Crippen LogP contribution in [-0.4, -0.2) is 20.3 Å². The van der Waals surface area contributed by atoms with Gasteiger partial charge in [0, 0.05) is 0 Å². The SMILES string of the molecule is CC(C)CC(C=O)S(=O)[O-]. The van der Waals surface area contributed by atoms with Gasteiger partial charge >= 0.3 is 0 Å². The number of carbonyl (C=O) groups excluding carboxylic acids is 1. The van der Waals surface area contributed by atoms with Crippen LogP contribution in [0.4, 0.5) is 0 Å². The first-order valence-corrected chi connectivity index (χ1v) is 4.25. The lowest BCUT2D eigenvalue weighted by molar-refractivity contribution is -0.107. The molecule has 0 heterocycles. The van der Waals surface area contributed by atoms with E-state index in [4.69, 9.17) is 0 Å². The smallest absolute Gasteiger partial charge is 0.134 e. The molecule has 60 valence electrons. The maximum absolute atomic E-state index is 10.2. The van der Waals surface area contributed by atoms with Crippen LogP contribution in [0, 0.1) is 5.92 Å². The van der Waals surface area contributed by atoms with Crippen molar-refractivity contribution in [2.24, 2.45) is 5.92 Å². The first kappa shape index (κ1) is 9.78. The highest BCUT2D eigenvalue weighted by Crippen LogP contribution is 2.06. The summed E-state index contributed by atoms with van der Waals surface area (Å²) in [5.41, 5.74) is 0. The van der Waals surface area contributed by atoms with Crippen LogP contribution in [0.1, 0.15) is 20.3 Å². The molecule has 0 amide bonds. The summed E-state index contributed by atoms with van der Waals surface area (Å²) in [5.74, 6) is 0.244.